The van der Waals surface area contributed by atoms with E-state index in [0.29, 0.717) is 6.04 Å². The molecule has 4 nitrogen and oxygen atoms in total. The van der Waals surface area contributed by atoms with Gasteiger partial charge >= 0.3 is 6.03 Å². The zero-order valence-electron chi connectivity index (χ0n) is 13.7. The predicted octanol–water partition coefficient (Wildman–Crippen LogP) is 3.02. The van der Waals surface area contributed by atoms with Crippen molar-refractivity contribution in [3.05, 3.63) is 29.8 Å². The van der Waals surface area contributed by atoms with Crippen molar-refractivity contribution in [2.24, 2.45) is 0 Å². The average Bonchev–Trinajstić information content (AvgIpc) is 2.90. The fourth-order valence-electron chi connectivity index (χ4n) is 3.51. The van der Waals surface area contributed by atoms with E-state index in [9.17, 15) is 4.79 Å². The molecule has 2 amide bonds. The van der Waals surface area contributed by atoms with Crippen LogP contribution in [0, 0.1) is 0 Å². The molecule has 2 fully saturated rings. The zero-order valence-corrected chi connectivity index (χ0v) is 13.7. The summed E-state index contributed by atoms with van der Waals surface area (Å²) in [5.41, 5.74) is 2.37. The highest BCUT2D eigenvalue weighted by atomic mass is 16.2. The number of anilines is 1. The summed E-state index contributed by atoms with van der Waals surface area (Å²) in [5, 5.41) is 3.60. The van der Waals surface area contributed by atoms with Crippen LogP contribution in [0.5, 0.6) is 0 Å². The van der Waals surface area contributed by atoms with E-state index in [1.807, 2.05) is 9.80 Å². The Hall–Kier alpha value is -1.55. The lowest BCUT2D eigenvalue weighted by atomic mass is 9.97. The molecule has 1 atom stereocenters. The molecule has 0 aliphatic carbocycles. The Labute approximate surface area is 133 Å². The largest absolute Gasteiger partial charge is 0.324 e. The minimum absolute atomic E-state index is 0.142. The van der Waals surface area contributed by atoms with Crippen LogP contribution in [0.15, 0.2) is 24.3 Å². The first-order chi connectivity index (χ1) is 10.6. The number of amides is 2. The summed E-state index contributed by atoms with van der Waals surface area (Å²) in [7, 11) is 0. The fourth-order valence-corrected chi connectivity index (χ4v) is 3.51. The van der Waals surface area contributed by atoms with Gasteiger partial charge in [-0.1, -0.05) is 18.6 Å². The van der Waals surface area contributed by atoms with Crippen molar-refractivity contribution in [2.45, 2.75) is 51.6 Å². The van der Waals surface area contributed by atoms with Crippen molar-refractivity contribution in [1.82, 2.24) is 10.2 Å². The van der Waals surface area contributed by atoms with Crippen LogP contribution in [0.4, 0.5) is 10.5 Å². The van der Waals surface area contributed by atoms with Crippen LogP contribution in [0.2, 0.25) is 0 Å². The van der Waals surface area contributed by atoms with Crippen LogP contribution in [0.1, 0.15) is 38.7 Å². The Morgan fingerprint density at radius 2 is 2.14 bits per heavy atom. The van der Waals surface area contributed by atoms with Crippen molar-refractivity contribution in [3.63, 3.8) is 0 Å². The molecular formula is C18H27N3O. The number of piperidine rings is 1. The van der Waals surface area contributed by atoms with Gasteiger partial charge in [0.2, 0.25) is 0 Å². The van der Waals surface area contributed by atoms with E-state index in [4.69, 9.17) is 0 Å². The maximum atomic E-state index is 12.5. The number of benzene rings is 1. The van der Waals surface area contributed by atoms with Crippen LogP contribution >= 0.6 is 0 Å². The first kappa shape index (κ1) is 15.3. The number of hydrogen-bond donors (Lipinski definition) is 1. The van der Waals surface area contributed by atoms with E-state index in [0.717, 1.165) is 31.7 Å². The normalized spacial score (nSPS) is 22.7. The summed E-state index contributed by atoms with van der Waals surface area (Å²) in [6.45, 7) is 6.91. The molecule has 1 N–H and O–H groups in total. The first-order valence-corrected chi connectivity index (χ1v) is 8.55. The van der Waals surface area contributed by atoms with Gasteiger partial charge in [-0.05, 0) is 57.4 Å². The molecule has 4 heteroatoms. The zero-order chi connectivity index (χ0) is 15.5. The molecule has 0 saturated carbocycles. The van der Waals surface area contributed by atoms with E-state index >= 15 is 0 Å². The smallest absolute Gasteiger partial charge is 0.320 e. The third-order valence-corrected chi connectivity index (χ3v) is 4.78. The first-order valence-electron chi connectivity index (χ1n) is 8.55. The fraction of sp³-hybridized carbons (Fsp3) is 0.611. The lowest BCUT2D eigenvalue weighted by molar-refractivity contribution is 0.209. The molecule has 2 aliphatic heterocycles. The average molecular weight is 301 g/mol. The van der Waals surface area contributed by atoms with E-state index in [1.54, 1.807) is 0 Å². The highest BCUT2D eigenvalue weighted by Gasteiger charge is 2.31. The lowest BCUT2D eigenvalue weighted by Crippen LogP contribution is -2.36. The standard InChI is InChI=1S/C18H27N3O/c1-14(2)20-10-11-21(18(20)22)17-8-5-6-15(13-17)12-16-7-3-4-9-19-16/h5-6,8,13-14,16,19H,3-4,7,9-12H2,1-2H3. The number of hydrogen-bond acceptors (Lipinski definition) is 2. The summed E-state index contributed by atoms with van der Waals surface area (Å²) in [6, 6.07) is 9.51. The van der Waals surface area contributed by atoms with Crippen molar-refractivity contribution in [3.8, 4) is 0 Å². The van der Waals surface area contributed by atoms with E-state index < -0.39 is 0 Å². The molecule has 2 saturated heterocycles. The van der Waals surface area contributed by atoms with Crippen LogP contribution < -0.4 is 10.2 Å². The molecule has 0 radical (unpaired) electrons. The number of nitrogens with zero attached hydrogens (tertiary/aromatic N) is 2. The van der Waals surface area contributed by atoms with Crippen LogP contribution in [0.25, 0.3) is 0 Å². The molecule has 1 aromatic rings. The van der Waals surface area contributed by atoms with Crippen LogP contribution in [0.3, 0.4) is 0 Å². The number of nitrogens with one attached hydrogen (secondary N) is 1. The van der Waals surface area contributed by atoms with Crippen molar-refractivity contribution >= 4 is 11.7 Å². The highest BCUT2D eigenvalue weighted by Crippen LogP contribution is 2.24. The second-order valence-electron chi connectivity index (χ2n) is 6.74. The molecule has 3 rings (SSSR count). The number of carbonyl (C=O) groups is 1. The molecule has 0 spiro atoms. The number of rotatable bonds is 4. The molecule has 22 heavy (non-hydrogen) atoms. The molecular weight excluding hydrogens is 274 g/mol. The second kappa shape index (κ2) is 6.69. The number of urea groups is 1. The molecule has 120 valence electrons. The maximum absolute atomic E-state index is 12.5. The van der Waals surface area contributed by atoms with Gasteiger partial charge in [0.15, 0.2) is 0 Å². The van der Waals surface area contributed by atoms with Gasteiger partial charge in [-0.2, -0.15) is 0 Å². The molecule has 2 aliphatic rings. The van der Waals surface area contributed by atoms with E-state index in [1.165, 1.54) is 24.8 Å². The van der Waals surface area contributed by atoms with Gasteiger partial charge in [0.25, 0.3) is 0 Å². The Balaban J connectivity index is 1.70. The Morgan fingerprint density at radius 3 is 2.82 bits per heavy atom. The third kappa shape index (κ3) is 3.27. The van der Waals surface area contributed by atoms with Crippen LogP contribution in [-0.4, -0.2) is 42.6 Å². The van der Waals surface area contributed by atoms with Gasteiger partial charge in [0.05, 0.1) is 0 Å². The summed E-state index contributed by atoms with van der Waals surface area (Å²) in [5.74, 6) is 0. The van der Waals surface area contributed by atoms with Crippen molar-refractivity contribution in [1.29, 1.82) is 0 Å². The topological polar surface area (TPSA) is 35.6 Å². The number of carbonyl (C=O) groups excluding carboxylic acids is 1. The SMILES string of the molecule is CC(C)N1CCN(c2cccc(CC3CCCCN3)c2)C1=O. The quantitative estimate of drug-likeness (QED) is 0.928. The van der Waals surface area contributed by atoms with Crippen LogP contribution in [-0.2, 0) is 6.42 Å². The molecule has 0 bridgehead atoms. The minimum atomic E-state index is 0.142. The molecule has 2 heterocycles. The van der Waals surface area contributed by atoms with E-state index in [-0.39, 0.29) is 12.1 Å². The highest BCUT2D eigenvalue weighted by molar-refractivity contribution is 5.94. The summed E-state index contributed by atoms with van der Waals surface area (Å²) >= 11 is 0. The van der Waals surface area contributed by atoms with Gasteiger partial charge < -0.3 is 10.2 Å². The van der Waals surface area contributed by atoms with Gasteiger partial charge in [0.1, 0.15) is 0 Å². The molecule has 1 unspecified atom stereocenters. The van der Waals surface area contributed by atoms with Gasteiger partial charge in [-0.15, -0.1) is 0 Å². The minimum Gasteiger partial charge on any atom is -0.320 e. The molecule has 0 aromatic heterocycles. The van der Waals surface area contributed by atoms with E-state index in [2.05, 4.69) is 43.4 Å². The van der Waals surface area contributed by atoms with Crippen molar-refractivity contribution < 1.29 is 4.79 Å². The monoisotopic (exact) mass is 301 g/mol. The van der Waals surface area contributed by atoms with Crippen molar-refractivity contribution in [2.75, 3.05) is 24.5 Å². The summed E-state index contributed by atoms with van der Waals surface area (Å²) < 4.78 is 0. The second-order valence-corrected chi connectivity index (χ2v) is 6.74. The lowest BCUT2D eigenvalue weighted by Gasteiger charge is -2.24. The maximum Gasteiger partial charge on any atom is 0.324 e. The Kier molecular flexibility index (Phi) is 4.67. The Morgan fingerprint density at radius 1 is 1.27 bits per heavy atom. The third-order valence-electron chi connectivity index (χ3n) is 4.78. The summed E-state index contributed by atoms with van der Waals surface area (Å²) in [6.07, 6.45) is 4.94. The van der Waals surface area contributed by atoms with Gasteiger partial charge in [0, 0.05) is 30.9 Å². The Bertz CT molecular complexity index is 523. The predicted molar refractivity (Wildman–Crippen MR) is 90.4 cm³/mol. The van der Waals surface area contributed by atoms with Gasteiger partial charge in [-0.3, -0.25) is 4.90 Å². The van der Waals surface area contributed by atoms with Gasteiger partial charge in [-0.25, -0.2) is 4.79 Å². The summed E-state index contributed by atoms with van der Waals surface area (Å²) in [4.78, 5) is 16.3. The molecule has 1 aromatic carbocycles.